The summed E-state index contributed by atoms with van der Waals surface area (Å²) in [6.07, 6.45) is 17.4. The van der Waals surface area contributed by atoms with Crippen LogP contribution in [0.2, 0.25) is 0 Å². The van der Waals surface area contributed by atoms with Crippen LogP contribution in [0.15, 0.2) is 170 Å². The van der Waals surface area contributed by atoms with Gasteiger partial charge in [-0.1, -0.05) is 275 Å². The zero-order valence-corrected chi connectivity index (χ0v) is 85.7. The number of aliphatic hydroxyl groups is 1. The van der Waals surface area contributed by atoms with E-state index in [2.05, 4.69) is 95.9 Å². The average molecular weight is 2050 g/mol. The van der Waals surface area contributed by atoms with Crippen molar-refractivity contribution in [3.05, 3.63) is 248 Å². The van der Waals surface area contributed by atoms with Crippen molar-refractivity contribution in [3.8, 4) is 0 Å². The number of alkyl halides is 3. The van der Waals surface area contributed by atoms with Crippen molar-refractivity contribution in [1.82, 2.24) is 0 Å². The molecular weight excluding hydrogens is 1920 g/mol. The molecule has 0 aromatic heterocycles. The van der Waals surface area contributed by atoms with Crippen molar-refractivity contribution in [2.45, 2.75) is 209 Å². The molecule has 0 bridgehead atoms. The molecule has 0 radical (unpaired) electrons. The largest absolute Gasteiger partial charge is 1.00 e. The number of aliphatic carboxylic acids is 2. The number of carbonyl (C=O) groups is 13. The molecule has 712 valence electrons. The Kier molecular flexibility index (Phi) is 83.7. The van der Waals surface area contributed by atoms with Crippen LogP contribution >= 0.6 is 47.8 Å². The van der Waals surface area contributed by atoms with Gasteiger partial charge < -0.3 is 78.4 Å². The number of ketones is 5. The van der Waals surface area contributed by atoms with E-state index < -0.39 is 82.3 Å². The third kappa shape index (κ3) is 52.5. The molecule has 2 heterocycles. The Morgan fingerprint density at radius 1 is 0.394 bits per heavy atom. The van der Waals surface area contributed by atoms with Gasteiger partial charge in [-0.05, 0) is 169 Å². The Hall–Kier alpha value is -7.59. The van der Waals surface area contributed by atoms with Gasteiger partial charge in [0.15, 0.2) is 0 Å². The number of esters is 5. The van der Waals surface area contributed by atoms with Crippen molar-refractivity contribution in [2.75, 3.05) is 71.4 Å². The van der Waals surface area contributed by atoms with E-state index in [0.717, 1.165) is 116 Å². The van der Waals surface area contributed by atoms with Crippen molar-refractivity contribution in [2.24, 2.45) is 0 Å². The predicted molar refractivity (Wildman–Crippen MR) is 496 cm³/mol. The molecule has 132 heavy (non-hydrogen) atoms. The summed E-state index contributed by atoms with van der Waals surface area (Å²) < 4.78 is 46.4. The molecule has 2 saturated heterocycles. The number of aliphatic hydroxyl groups excluding tert-OH is 1. The first-order valence-electron chi connectivity index (χ1n) is 41.8. The number of ether oxygens (including phenoxy) is 9. The normalized spacial score (nSPS) is 11.4. The van der Waals surface area contributed by atoms with Gasteiger partial charge in [0.05, 0.1) is 66.1 Å². The molecule has 2 aliphatic heterocycles. The summed E-state index contributed by atoms with van der Waals surface area (Å²) in [5.74, 6) is -12.7. The number of Topliss-reactive ketones (excluding diaryl/α,β-unsaturated/α-hetero) is 5. The minimum atomic E-state index is -1.65. The topological polar surface area (TPSA) is 431 Å². The predicted octanol–water partition coefficient (Wildman–Crippen LogP) is 7.71. The van der Waals surface area contributed by atoms with Crippen LogP contribution in [0.1, 0.15) is 256 Å². The molecule has 2 aliphatic rings. The molecular formula is C98H128Br3LiNa2O28. The molecule has 3 N–H and O–H groups in total. The molecule has 0 atom stereocenters. The number of rotatable bonds is 39. The van der Waals surface area contributed by atoms with Crippen LogP contribution in [0.25, 0.3) is 0 Å². The van der Waals surface area contributed by atoms with Crippen molar-refractivity contribution < 1.29 is 214 Å². The summed E-state index contributed by atoms with van der Waals surface area (Å²) in [7, 11) is 0. The zero-order chi connectivity index (χ0) is 94.1. The first-order chi connectivity index (χ1) is 60.6. The van der Waals surface area contributed by atoms with Crippen molar-refractivity contribution >= 4 is 125 Å². The van der Waals surface area contributed by atoms with Gasteiger partial charge in [0, 0.05) is 54.9 Å². The van der Waals surface area contributed by atoms with Crippen LogP contribution in [0.5, 0.6) is 0 Å². The number of halogens is 3. The summed E-state index contributed by atoms with van der Waals surface area (Å²) in [6, 6.07) is 50.0. The summed E-state index contributed by atoms with van der Waals surface area (Å²) >= 11 is 9.67. The third-order valence-electron chi connectivity index (χ3n) is 17.6. The molecule has 34 heteroatoms. The van der Waals surface area contributed by atoms with Gasteiger partial charge in [-0.15, -0.1) is 0 Å². The van der Waals surface area contributed by atoms with E-state index in [1.54, 1.807) is 113 Å². The van der Waals surface area contributed by atoms with Crippen LogP contribution < -0.4 is 88.3 Å². The number of carboxylic acid groups (broad SMARTS) is 2. The van der Waals surface area contributed by atoms with Gasteiger partial charge in [0.1, 0.15) is 5.97 Å². The fourth-order valence-corrected chi connectivity index (χ4v) is 12.3. The van der Waals surface area contributed by atoms with Crippen LogP contribution in [-0.2, 0) is 134 Å². The van der Waals surface area contributed by atoms with E-state index in [-0.39, 0.29) is 142 Å². The van der Waals surface area contributed by atoms with Gasteiger partial charge in [0.25, 0.3) is 41.2 Å². The maximum atomic E-state index is 12.3. The average Bonchev–Trinajstić information content (AvgIpc) is 1.57. The summed E-state index contributed by atoms with van der Waals surface area (Å²) in [6.45, 7) is 21.9. The second-order valence-corrected chi connectivity index (χ2v) is 29.2. The number of aryl methyl sites for hydroxylation is 5. The quantitative estimate of drug-likeness (QED) is 0.00356. The minimum Gasteiger partial charge on any atom is -0.870 e. The number of hydrogen-bond acceptors (Lipinski definition) is 27. The second kappa shape index (κ2) is 81.7. The first-order valence-corrected chi connectivity index (χ1v) is 45.2. The van der Waals surface area contributed by atoms with Crippen LogP contribution in [0.4, 0.5) is 0 Å². The van der Waals surface area contributed by atoms with E-state index in [9.17, 15) is 62.6 Å². The molecule has 0 aliphatic carbocycles. The molecule has 2 fully saturated rings. The number of carbonyl (C=O) groups excluding carboxylic acids is 12. The Morgan fingerprint density at radius 2 is 0.644 bits per heavy atom. The van der Waals surface area contributed by atoms with Crippen LogP contribution in [0, 0.1) is 6.92 Å². The maximum absolute atomic E-state index is 12.3. The molecule has 0 spiro atoms. The standard InChI is InChI=1S/C17H24O4.C15H20O3.C13H15BrO4.2C13H16O3.C11H11BrO3.C11H12O3.C2H5BrO.CH2O3.2CH4.Li.2Na.H2O/c1-3-5-6-8-14-9-7-10-15(13-14)17(16(18)19-4-2)20-11-12-21-17;1-3-5-6-8-12-9-7-10-13(11-12)14(16)15(17)18-4-2;1-2-16-12(15)13(17-6-7-18-13)11-5-3-4-10(8-11)9-14;2*1-2-3-4-6-10-7-5-8-11(9-10)12(14)13(15)16;1-2-15-11(14)10(13)9-5-3-4-8(6-9)7-12;1-3-14-11(13)10(12)9-6-4-5-8(2)7-9;3-1-2-4;2-1-4-3;;;;;;/h7,9-10,13H,3-6,8,11-12H2,1-2H3;7,9-11H,3-6,8H2,1-2H3;3-5,8H,2,6-7,9H2,1H3;2*5,7-9H,2-4,6H2,1H3,(H,15,16);3-6H,2,7H2,1H3;4-7H,3H2,1-2H3;4H,1-2H2;1,3H;2*1H4;;;;1H2/q;;;;;;;;;;;3*+1;/p-3. The summed E-state index contributed by atoms with van der Waals surface area (Å²) in [5, 5.41) is 37.3. The maximum Gasteiger partial charge on any atom is 1.00 e. The first kappa shape index (κ1) is 135. The van der Waals surface area contributed by atoms with Gasteiger partial charge in [-0.2, -0.15) is 0 Å². The number of benzene rings is 7. The molecule has 0 amide bonds. The van der Waals surface area contributed by atoms with Crippen LogP contribution in [0.3, 0.4) is 0 Å². The summed E-state index contributed by atoms with van der Waals surface area (Å²) in [5.41, 5.74) is 10.3. The fraction of sp³-hybridized carbons (Fsp3) is 0.439. The molecule has 0 saturated carbocycles. The number of carboxylic acids is 2. The van der Waals surface area contributed by atoms with Gasteiger partial charge in [-0.3, -0.25) is 28.8 Å². The Labute approximate surface area is 859 Å². The van der Waals surface area contributed by atoms with Crippen molar-refractivity contribution in [3.63, 3.8) is 0 Å². The zero-order valence-electron chi connectivity index (χ0n) is 76.9. The van der Waals surface area contributed by atoms with Gasteiger partial charge >= 0.3 is 114 Å². The van der Waals surface area contributed by atoms with E-state index >= 15 is 0 Å². The molecule has 7 aromatic carbocycles. The van der Waals surface area contributed by atoms with E-state index in [1.807, 2.05) is 85.8 Å². The molecule has 28 nitrogen and oxygen atoms in total. The van der Waals surface area contributed by atoms with E-state index in [0.29, 0.717) is 77.9 Å². The summed E-state index contributed by atoms with van der Waals surface area (Å²) in [4.78, 5) is 147. The van der Waals surface area contributed by atoms with Crippen molar-refractivity contribution in [1.29, 1.82) is 0 Å². The Bertz CT molecular complexity index is 4400. The number of hydrogen-bond donors (Lipinski definition) is 2. The monoisotopic (exact) mass is 2040 g/mol. The van der Waals surface area contributed by atoms with Gasteiger partial charge in [-0.25, -0.2) is 28.8 Å². The fourth-order valence-electron chi connectivity index (χ4n) is 11.6. The smallest absolute Gasteiger partial charge is 0.870 e. The molecule has 9 rings (SSSR count). The third-order valence-corrected chi connectivity index (χ3v) is 19.2. The number of unbranched alkanes of at least 4 members (excludes halogenated alkanes) is 8. The van der Waals surface area contributed by atoms with E-state index in [4.69, 9.17) is 53.4 Å². The van der Waals surface area contributed by atoms with E-state index in [1.165, 1.54) is 37.3 Å². The second-order valence-electron chi connectivity index (χ2n) is 27.2. The molecule has 7 aromatic rings. The SMILES string of the molecule is C.C.CCCCCc1cccc(C(=O)C(=O)O)c1.CCCCCc1cccc(C(=O)C(=O)OCC)c1.CCCCCc1cccc(C(=O)C(=O)[O-])c1.CCCCCc1cccc(C2(C(=O)OCC)OCCO2)c1.CCOC(=O)C(=O)c1cccc(C)c1.CCOC(=O)C(=O)c1cccc(CBr)c1.CCOC(=O)C1(c2cccc(CBr)c2)OCCO1.O=CO[O-].OCCBr.[Li+].[Na+].[Na+].[OH-]. The minimum absolute atomic E-state index is 0. The van der Waals surface area contributed by atoms with Gasteiger partial charge in [0.2, 0.25) is 5.78 Å². The van der Waals surface area contributed by atoms with Crippen LogP contribution in [-0.4, -0.2) is 164 Å². The Morgan fingerprint density at radius 3 is 0.909 bits per heavy atom. The molecule has 0 unspecified atom stereocenters. The Balaban J connectivity index is -0.000000344.